The van der Waals surface area contributed by atoms with Gasteiger partial charge < -0.3 is 19.9 Å². The Morgan fingerprint density at radius 3 is 2.43 bits per heavy atom. The average Bonchev–Trinajstić information content (AvgIpc) is 3.48. The van der Waals surface area contributed by atoms with E-state index in [1.54, 1.807) is 11.0 Å². The van der Waals surface area contributed by atoms with E-state index in [0.717, 1.165) is 30.0 Å². The maximum absolute atomic E-state index is 14.9. The number of amides is 2. The molecule has 0 aromatic heterocycles. The number of nitrogens with one attached hydrogen (secondary N) is 1. The van der Waals surface area contributed by atoms with Gasteiger partial charge in [0, 0.05) is 31.0 Å². The lowest BCUT2D eigenvalue weighted by molar-refractivity contribution is -0.123. The second kappa shape index (κ2) is 11.0. The summed E-state index contributed by atoms with van der Waals surface area (Å²) in [5.74, 6) is -1.57. The fourth-order valence-electron chi connectivity index (χ4n) is 5.58. The molecule has 1 N–H and O–H groups in total. The van der Waals surface area contributed by atoms with Crippen molar-refractivity contribution in [1.82, 2.24) is 4.90 Å². The molecule has 192 valence electrons. The van der Waals surface area contributed by atoms with Crippen LogP contribution in [0.1, 0.15) is 47.6 Å². The Morgan fingerprint density at radius 2 is 1.68 bits per heavy atom. The third-order valence-corrected chi connectivity index (χ3v) is 7.36. The number of anilines is 2. The van der Waals surface area contributed by atoms with Crippen LogP contribution in [0.5, 0.6) is 5.75 Å². The Bertz CT molecular complexity index is 1260. The Labute approximate surface area is 217 Å². The topological polar surface area (TPSA) is 61.9 Å². The predicted molar refractivity (Wildman–Crippen MR) is 142 cm³/mol. The molecular formula is C30H32FN3O3. The molecule has 2 atom stereocenters. The van der Waals surface area contributed by atoms with E-state index in [2.05, 4.69) is 16.3 Å². The first kappa shape index (κ1) is 24.8. The molecule has 0 saturated carbocycles. The van der Waals surface area contributed by atoms with E-state index in [4.69, 9.17) is 4.74 Å². The first-order chi connectivity index (χ1) is 18.1. The van der Waals surface area contributed by atoms with E-state index in [1.807, 2.05) is 48.5 Å². The normalized spacial score (nSPS) is 19.5. The minimum Gasteiger partial charge on any atom is -0.496 e. The number of ether oxygens (including phenoxy) is 1. The molecule has 2 fully saturated rings. The third-order valence-electron chi connectivity index (χ3n) is 7.36. The lowest BCUT2D eigenvalue weighted by atomic mass is 9.83. The van der Waals surface area contributed by atoms with Crippen molar-refractivity contribution in [3.63, 3.8) is 0 Å². The number of piperidine rings is 1. The van der Waals surface area contributed by atoms with Gasteiger partial charge in [-0.25, -0.2) is 4.39 Å². The van der Waals surface area contributed by atoms with Crippen LogP contribution in [0.25, 0.3) is 0 Å². The van der Waals surface area contributed by atoms with Gasteiger partial charge in [0.15, 0.2) is 0 Å². The van der Waals surface area contributed by atoms with Crippen molar-refractivity contribution < 1.29 is 18.7 Å². The Hall–Kier alpha value is -3.87. The molecule has 0 bridgehead atoms. The van der Waals surface area contributed by atoms with Gasteiger partial charge in [-0.05, 0) is 61.6 Å². The van der Waals surface area contributed by atoms with Gasteiger partial charge in [0.25, 0.3) is 5.91 Å². The van der Waals surface area contributed by atoms with E-state index in [1.165, 1.54) is 32.1 Å². The molecule has 3 aromatic carbocycles. The number of hydrogen-bond donors (Lipinski definition) is 1. The summed E-state index contributed by atoms with van der Waals surface area (Å²) in [5.41, 5.74) is 2.57. The molecule has 0 radical (unpaired) electrons. The summed E-state index contributed by atoms with van der Waals surface area (Å²) in [6, 6.07) is 21.3. The molecule has 3 aromatic rings. The van der Waals surface area contributed by atoms with E-state index < -0.39 is 23.7 Å². The number of rotatable bonds is 6. The summed E-state index contributed by atoms with van der Waals surface area (Å²) in [7, 11) is 1.42. The summed E-state index contributed by atoms with van der Waals surface area (Å²) in [4.78, 5) is 31.4. The molecule has 2 saturated heterocycles. The minimum absolute atomic E-state index is 0.106. The van der Waals surface area contributed by atoms with Crippen LogP contribution in [0.15, 0.2) is 72.8 Å². The summed E-state index contributed by atoms with van der Waals surface area (Å²) < 4.78 is 20.2. The van der Waals surface area contributed by atoms with Crippen molar-refractivity contribution in [2.24, 2.45) is 5.92 Å². The monoisotopic (exact) mass is 501 g/mol. The van der Waals surface area contributed by atoms with Crippen LogP contribution in [-0.2, 0) is 4.79 Å². The molecule has 7 heteroatoms. The van der Waals surface area contributed by atoms with E-state index in [0.29, 0.717) is 19.4 Å². The summed E-state index contributed by atoms with van der Waals surface area (Å²) >= 11 is 0. The van der Waals surface area contributed by atoms with Gasteiger partial charge in [0.2, 0.25) is 5.91 Å². The highest BCUT2D eigenvalue weighted by Gasteiger charge is 2.41. The van der Waals surface area contributed by atoms with Crippen LogP contribution in [0.3, 0.4) is 0 Å². The summed E-state index contributed by atoms with van der Waals surface area (Å²) in [6.07, 6.45) is 3.61. The van der Waals surface area contributed by atoms with Crippen LogP contribution in [-0.4, -0.2) is 43.5 Å². The number of nitrogens with zero attached hydrogens (tertiary/aromatic N) is 2. The maximum atomic E-state index is 14.9. The Morgan fingerprint density at radius 1 is 0.919 bits per heavy atom. The number of carbonyl (C=O) groups excluding carboxylic acids is 2. The highest BCUT2D eigenvalue weighted by Crippen LogP contribution is 2.39. The number of halogens is 1. The highest BCUT2D eigenvalue weighted by atomic mass is 19.1. The zero-order chi connectivity index (χ0) is 25.8. The molecular weight excluding hydrogens is 469 g/mol. The lowest BCUT2D eigenvalue weighted by Crippen LogP contribution is -2.46. The van der Waals surface area contributed by atoms with Crippen molar-refractivity contribution in [3.8, 4) is 5.75 Å². The van der Waals surface area contributed by atoms with Gasteiger partial charge in [-0.3, -0.25) is 9.59 Å². The third kappa shape index (κ3) is 5.17. The van der Waals surface area contributed by atoms with Crippen LogP contribution < -0.4 is 15.0 Å². The van der Waals surface area contributed by atoms with Gasteiger partial charge in [0.05, 0.1) is 19.1 Å². The number of methoxy groups -OCH3 is 1. The van der Waals surface area contributed by atoms with Crippen LogP contribution in [0.2, 0.25) is 0 Å². The molecule has 2 aliphatic rings. The second-order valence-corrected chi connectivity index (χ2v) is 9.65. The predicted octanol–water partition coefficient (Wildman–Crippen LogP) is 5.67. The standard InChI is InChI=1S/C30H32FN3O3/c1-37-26-16-8-15-25(31)27(26)30(36)34-19-9-14-24(28(34)21-10-3-2-4-11-21)29(35)32-22-12-7-13-23(20-22)33-17-5-6-18-33/h2-4,7-8,10-13,15-16,20,24,28H,5-6,9,14,17-19H2,1H3,(H,32,35)/t24-,28-/m0/s1. The van der Waals surface area contributed by atoms with Gasteiger partial charge in [0.1, 0.15) is 17.1 Å². The second-order valence-electron chi connectivity index (χ2n) is 9.65. The van der Waals surface area contributed by atoms with E-state index in [-0.39, 0.29) is 17.2 Å². The molecule has 0 unspecified atom stereocenters. The van der Waals surface area contributed by atoms with Gasteiger partial charge in [-0.1, -0.05) is 42.5 Å². The van der Waals surface area contributed by atoms with Gasteiger partial charge in [-0.2, -0.15) is 0 Å². The number of hydrogen-bond acceptors (Lipinski definition) is 4. The van der Waals surface area contributed by atoms with Crippen LogP contribution >= 0.6 is 0 Å². The Kier molecular flexibility index (Phi) is 7.40. The summed E-state index contributed by atoms with van der Waals surface area (Å²) in [5, 5.41) is 3.11. The molecule has 0 aliphatic carbocycles. The molecule has 2 amide bonds. The fraction of sp³-hybridized carbons (Fsp3) is 0.333. The van der Waals surface area contributed by atoms with Crippen molar-refractivity contribution >= 4 is 23.2 Å². The molecule has 6 nitrogen and oxygen atoms in total. The highest BCUT2D eigenvalue weighted by molar-refractivity contribution is 5.99. The smallest absolute Gasteiger partial charge is 0.261 e. The number of benzene rings is 3. The van der Waals surface area contributed by atoms with Crippen molar-refractivity contribution in [2.75, 3.05) is 37.0 Å². The molecule has 37 heavy (non-hydrogen) atoms. The fourth-order valence-corrected chi connectivity index (χ4v) is 5.58. The zero-order valence-electron chi connectivity index (χ0n) is 21.0. The summed E-state index contributed by atoms with van der Waals surface area (Å²) in [6.45, 7) is 2.46. The van der Waals surface area contributed by atoms with Crippen LogP contribution in [0, 0.1) is 11.7 Å². The van der Waals surface area contributed by atoms with Crippen molar-refractivity contribution in [3.05, 3.63) is 89.7 Å². The number of carbonyl (C=O) groups is 2. The van der Waals surface area contributed by atoms with Gasteiger partial charge in [-0.15, -0.1) is 0 Å². The van der Waals surface area contributed by atoms with Crippen molar-refractivity contribution in [2.45, 2.75) is 31.7 Å². The van der Waals surface area contributed by atoms with E-state index >= 15 is 0 Å². The number of likely N-dealkylation sites (tertiary alicyclic amines) is 1. The zero-order valence-corrected chi connectivity index (χ0v) is 21.0. The molecule has 2 aliphatic heterocycles. The average molecular weight is 502 g/mol. The van der Waals surface area contributed by atoms with E-state index in [9.17, 15) is 14.0 Å². The first-order valence-electron chi connectivity index (χ1n) is 12.9. The lowest BCUT2D eigenvalue weighted by Gasteiger charge is -2.41. The van der Waals surface area contributed by atoms with Crippen molar-refractivity contribution in [1.29, 1.82) is 0 Å². The van der Waals surface area contributed by atoms with Gasteiger partial charge >= 0.3 is 0 Å². The first-order valence-corrected chi connectivity index (χ1v) is 12.9. The SMILES string of the molecule is COc1cccc(F)c1C(=O)N1CCC[C@H](C(=O)Nc2cccc(N3CCCC3)c2)[C@@H]1c1ccccc1. The Balaban J connectivity index is 1.45. The molecule has 0 spiro atoms. The maximum Gasteiger partial charge on any atom is 0.261 e. The minimum atomic E-state index is -0.638. The molecule has 2 heterocycles. The largest absolute Gasteiger partial charge is 0.496 e. The van der Waals surface area contributed by atoms with Crippen LogP contribution in [0.4, 0.5) is 15.8 Å². The quantitative estimate of drug-likeness (QED) is 0.473. The molecule has 5 rings (SSSR count).